The third kappa shape index (κ3) is 10.2. The molecule has 6 N–H and O–H groups in total. The van der Waals surface area contributed by atoms with E-state index >= 15 is 0 Å². The number of nitrogens with one attached hydrogen (secondary N) is 2. The van der Waals surface area contributed by atoms with Crippen molar-refractivity contribution in [2.45, 2.75) is 57.8 Å². The molecule has 0 aliphatic carbocycles. The van der Waals surface area contributed by atoms with Crippen molar-refractivity contribution in [2.75, 3.05) is 6.54 Å². The van der Waals surface area contributed by atoms with E-state index in [1.807, 2.05) is 6.92 Å². The first-order valence-corrected chi connectivity index (χ1v) is 10.3. The lowest BCUT2D eigenvalue weighted by Gasteiger charge is -2.19. The van der Waals surface area contributed by atoms with Crippen LogP contribution < -0.4 is 10.6 Å². The van der Waals surface area contributed by atoms with Crippen molar-refractivity contribution >= 4 is 29.8 Å². The Morgan fingerprint density at radius 1 is 1.00 bits per heavy atom. The van der Waals surface area contributed by atoms with Gasteiger partial charge in [-0.05, 0) is 23.6 Å². The molecule has 1 rings (SSSR count). The minimum absolute atomic E-state index is 0.136. The van der Waals surface area contributed by atoms with Crippen molar-refractivity contribution in [1.29, 1.82) is 0 Å². The molecule has 176 valence electrons. The molecule has 0 saturated carbocycles. The van der Waals surface area contributed by atoms with E-state index in [2.05, 4.69) is 10.6 Å². The average molecular weight is 450 g/mol. The van der Waals surface area contributed by atoms with Crippen LogP contribution in [0.25, 0.3) is 6.08 Å². The number of carbonyl (C=O) groups excluding carboxylic acids is 2. The van der Waals surface area contributed by atoms with Gasteiger partial charge in [0, 0.05) is 19.4 Å². The van der Waals surface area contributed by atoms with Gasteiger partial charge in [-0.25, -0.2) is 4.79 Å². The van der Waals surface area contributed by atoms with Gasteiger partial charge < -0.3 is 31.1 Å². The first-order chi connectivity index (χ1) is 15.1. The number of aliphatic carboxylic acids is 2. The van der Waals surface area contributed by atoms with Crippen LogP contribution in [0, 0.1) is 0 Å². The highest BCUT2D eigenvalue weighted by molar-refractivity contribution is 5.93. The molecule has 0 bridgehead atoms. The highest BCUT2D eigenvalue weighted by Crippen LogP contribution is 2.13. The van der Waals surface area contributed by atoms with Gasteiger partial charge in [-0.3, -0.25) is 14.4 Å². The van der Waals surface area contributed by atoms with Gasteiger partial charge in [0.15, 0.2) is 6.29 Å². The summed E-state index contributed by atoms with van der Waals surface area (Å²) in [5.41, 5.74) is 0.480. The van der Waals surface area contributed by atoms with Crippen molar-refractivity contribution in [2.24, 2.45) is 0 Å². The lowest BCUT2D eigenvalue weighted by molar-refractivity contribution is -0.139. The molecule has 1 unspecified atom stereocenters. The maximum absolute atomic E-state index is 12.6. The lowest BCUT2D eigenvalue weighted by Crippen LogP contribution is -2.48. The number of carbonyl (C=O) groups is 4. The molecule has 0 saturated heterocycles. The van der Waals surface area contributed by atoms with Crippen LogP contribution in [0.15, 0.2) is 29.8 Å². The van der Waals surface area contributed by atoms with Crippen LogP contribution in [0.5, 0.6) is 0 Å². The molecule has 1 aromatic carbocycles. The van der Waals surface area contributed by atoms with E-state index < -0.39 is 35.8 Å². The number of hydrogen-bond acceptors (Lipinski definition) is 6. The van der Waals surface area contributed by atoms with Crippen molar-refractivity contribution in [1.82, 2.24) is 10.6 Å². The van der Waals surface area contributed by atoms with Crippen molar-refractivity contribution in [3.63, 3.8) is 0 Å². The Balaban J connectivity index is 2.91. The first kappa shape index (κ1) is 26.8. The molecule has 2 amide bonds. The van der Waals surface area contributed by atoms with Crippen LogP contribution in [0.3, 0.4) is 0 Å². The van der Waals surface area contributed by atoms with E-state index in [1.54, 1.807) is 24.3 Å². The molecule has 0 aromatic heterocycles. The van der Waals surface area contributed by atoms with Gasteiger partial charge in [-0.2, -0.15) is 0 Å². The molecule has 1 atom stereocenters. The van der Waals surface area contributed by atoms with Gasteiger partial charge in [-0.1, -0.05) is 44.0 Å². The summed E-state index contributed by atoms with van der Waals surface area (Å²) in [6.45, 7) is 2.49. The maximum atomic E-state index is 12.6. The number of aliphatic hydroxyl groups excluding tert-OH is 1. The van der Waals surface area contributed by atoms with E-state index in [9.17, 15) is 19.2 Å². The minimum Gasteiger partial charge on any atom is -0.481 e. The van der Waals surface area contributed by atoms with Crippen molar-refractivity contribution in [3.8, 4) is 0 Å². The minimum atomic E-state index is -2.13. The summed E-state index contributed by atoms with van der Waals surface area (Å²) in [4.78, 5) is 46.4. The first-order valence-electron chi connectivity index (χ1n) is 10.3. The van der Waals surface area contributed by atoms with Crippen LogP contribution in [0.2, 0.25) is 0 Å². The van der Waals surface area contributed by atoms with Crippen LogP contribution in [-0.2, 0) is 25.6 Å². The number of rotatable bonds is 14. The van der Waals surface area contributed by atoms with E-state index in [1.165, 1.54) is 0 Å². The number of unbranched alkanes of at least 4 members (excludes halogenated alkanes) is 2. The average Bonchev–Trinajstić information content (AvgIpc) is 2.73. The smallest absolute Gasteiger partial charge is 0.336 e. The highest BCUT2D eigenvalue weighted by atomic mass is 16.5. The molecular formula is C22H30N2O8. The Hall–Kier alpha value is -3.24. The summed E-state index contributed by atoms with van der Waals surface area (Å²) in [5, 5.41) is 41.3. The predicted octanol–water partition coefficient (Wildman–Crippen LogP) is 0.664. The number of carboxylic acids is 2. The molecule has 0 fully saturated rings. The molecule has 10 heteroatoms. The van der Waals surface area contributed by atoms with E-state index in [-0.39, 0.29) is 25.2 Å². The maximum Gasteiger partial charge on any atom is 0.336 e. The lowest BCUT2D eigenvalue weighted by atomic mass is 10.0. The van der Waals surface area contributed by atoms with E-state index in [0.717, 1.165) is 25.3 Å². The Labute approximate surface area is 186 Å². The fourth-order valence-electron chi connectivity index (χ4n) is 2.82. The van der Waals surface area contributed by atoms with Gasteiger partial charge in [0.1, 0.15) is 6.04 Å². The van der Waals surface area contributed by atoms with Gasteiger partial charge >= 0.3 is 11.9 Å². The third-order valence-corrected chi connectivity index (χ3v) is 4.56. The fourth-order valence-corrected chi connectivity index (χ4v) is 2.82. The molecule has 10 nitrogen and oxygen atoms in total. The summed E-state index contributed by atoms with van der Waals surface area (Å²) < 4.78 is 0. The number of hydrogen-bond donors (Lipinski definition) is 6. The summed E-state index contributed by atoms with van der Waals surface area (Å²) in [5.74, 6) is -3.51. The fraction of sp³-hybridized carbons (Fsp3) is 0.455. The zero-order chi connectivity index (χ0) is 24.1. The molecule has 0 heterocycles. The van der Waals surface area contributed by atoms with E-state index in [0.29, 0.717) is 17.7 Å². The van der Waals surface area contributed by atoms with Gasteiger partial charge in [-0.15, -0.1) is 0 Å². The zero-order valence-electron chi connectivity index (χ0n) is 17.9. The Bertz CT molecular complexity index is 818. The Morgan fingerprint density at radius 3 is 2.19 bits per heavy atom. The third-order valence-electron chi connectivity index (χ3n) is 4.56. The van der Waals surface area contributed by atoms with Gasteiger partial charge in [0.25, 0.3) is 0 Å². The predicted molar refractivity (Wildman–Crippen MR) is 115 cm³/mol. The summed E-state index contributed by atoms with van der Waals surface area (Å²) in [7, 11) is 0. The van der Waals surface area contributed by atoms with Crippen LogP contribution in [-0.4, -0.2) is 63.1 Å². The number of carboxylic acid groups (broad SMARTS) is 2. The molecule has 0 aliphatic heterocycles. The molecule has 1 aromatic rings. The molecular weight excluding hydrogens is 420 g/mol. The molecule has 0 aliphatic rings. The molecule has 0 spiro atoms. The zero-order valence-corrected chi connectivity index (χ0v) is 17.9. The van der Waals surface area contributed by atoms with Crippen LogP contribution in [0.4, 0.5) is 0 Å². The quantitative estimate of drug-likeness (QED) is 0.136. The van der Waals surface area contributed by atoms with E-state index in [4.69, 9.17) is 20.4 Å². The van der Waals surface area contributed by atoms with Crippen molar-refractivity contribution in [3.05, 3.63) is 41.0 Å². The van der Waals surface area contributed by atoms with Crippen molar-refractivity contribution < 1.29 is 39.6 Å². The standard InChI is InChI=1S/C22H30N2O8/c1-2-3-4-11-23-20(28)17(24-18(25)9-10-19(26)27)13-15-7-5-14(6-8-15)12-16(21(29)30)22(31)32/h5-8,12,17,21,29-30H,2-4,9-11,13H2,1H3,(H,23,28)(H,24,25)(H,26,27)(H,31,32)/b16-12+. The van der Waals surface area contributed by atoms with Crippen LogP contribution >= 0.6 is 0 Å². The normalized spacial score (nSPS) is 12.3. The highest BCUT2D eigenvalue weighted by Gasteiger charge is 2.21. The Kier molecular flexibility index (Phi) is 11.7. The second-order valence-corrected chi connectivity index (χ2v) is 7.24. The molecule has 0 radical (unpaired) electrons. The summed E-state index contributed by atoms with van der Waals surface area (Å²) >= 11 is 0. The summed E-state index contributed by atoms with van der Waals surface area (Å²) in [6, 6.07) is 5.42. The van der Waals surface area contributed by atoms with Gasteiger partial charge in [0.2, 0.25) is 11.8 Å². The Morgan fingerprint density at radius 2 is 1.66 bits per heavy atom. The molecule has 32 heavy (non-hydrogen) atoms. The topological polar surface area (TPSA) is 173 Å². The summed E-state index contributed by atoms with van der Waals surface area (Å²) in [6.07, 6.45) is 1.26. The van der Waals surface area contributed by atoms with Crippen LogP contribution in [0.1, 0.15) is 50.2 Å². The SMILES string of the molecule is CCCCCNC(=O)C(Cc1ccc(/C=C(/C(=O)O)C(O)O)cc1)NC(=O)CCC(=O)O. The largest absolute Gasteiger partial charge is 0.481 e. The number of amides is 2. The monoisotopic (exact) mass is 450 g/mol. The number of benzene rings is 1. The second-order valence-electron chi connectivity index (χ2n) is 7.24. The number of aliphatic hydroxyl groups is 2. The van der Waals surface area contributed by atoms with Gasteiger partial charge in [0.05, 0.1) is 12.0 Å². The second kappa shape index (κ2) is 13.9.